The van der Waals surface area contributed by atoms with E-state index in [1.54, 1.807) is 0 Å². The van der Waals surface area contributed by atoms with Gasteiger partial charge >= 0.3 is 5.97 Å². The van der Waals surface area contributed by atoms with E-state index in [0.29, 0.717) is 5.56 Å². The first-order valence-corrected chi connectivity index (χ1v) is 5.60. The Labute approximate surface area is 99.4 Å². The van der Waals surface area contributed by atoms with Crippen molar-refractivity contribution in [2.75, 3.05) is 7.11 Å². The molecule has 1 N–H and O–H groups in total. The van der Waals surface area contributed by atoms with Crippen molar-refractivity contribution >= 4 is 5.97 Å². The van der Waals surface area contributed by atoms with Crippen LogP contribution in [0.1, 0.15) is 27.3 Å². The minimum Gasteiger partial charge on any atom is -0.465 e. The number of carbonyl (C=O) groups is 1. The highest BCUT2D eigenvalue weighted by molar-refractivity contribution is 6.01. The van der Waals surface area contributed by atoms with Crippen molar-refractivity contribution in [3.8, 4) is 11.1 Å². The quantitative estimate of drug-likeness (QED) is 0.649. The van der Waals surface area contributed by atoms with Crippen molar-refractivity contribution < 1.29 is 9.53 Å². The van der Waals surface area contributed by atoms with E-state index >= 15 is 0 Å². The minimum absolute atomic E-state index is 0.267. The maximum atomic E-state index is 11.8. The number of hydrogen-bond donors (Lipinski definition) is 1. The Kier molecular flexibility index (Phi) is 2.08. The van der Waals surface area contributed by atoms with Crippen LogP contribution in [-0.2, 0) is 11.2 Å². The molecule has 17 heavy (non-hydrogen) atoms. The van der Waals surface area contributed by atoms with E-state index in [2.05, 4.69) is 17.1 Å². The summed E-state index contributed by atoms with van der Waals surface area (Å²) in [6.45, 7) is 1.91. The van der Waals surface area contributed by atoms with Crippen molar-refractivity contribution in [1.82, 2.24) is 4.98 Å². The Balaban J connectivity index is 2.27. The van der Waals surface area contributed by atoms with Crippen LogP contribution < -0.4 is 0 Å². The van der Waals surface area contributed by atoms with Crippen molar-refractivity contribution in [3.05, 3.63) is 46.8 Å². The van der Waals surface area contributed by atoms with Crippen LogP contribution in [0, 0.1) is 6.92 Å². The number of hydrogen-bond acceptors (Lipinski definition) is 2. The molecule has 1 aromatic heterocycles. The first-order chi connectivity index (χ1) is 8.22. The number of fused-ring (bicyclic) bond motifs is 3. The lowest BCUT2D eigenvalue weighted by molar-refractivity contribution is 0.0601. The van der Waals surface area contributed by atoms with E-state index in [4.69, 9.17) is 4.74 Å². The second-order valence-electron chi connectivity index (χ2n) is 4.30. The molecule has 0 radical (unpaired) electrons. The smallest absolute Gasteiger partial charge is 0.340 e. The van der Waals surface area contributed by atoms with Crippen LogP contribution in [0.3, 0.4) is 0 Å². The third kappa shape index (κ3) is 1.32. The standard InChI is InChI=1S/C14H13NO2/c1-8-12(14(16)17-2)13-10-6-4-3-5-9(10)7-11(13)15-8/h3-6,15H,7H2,1-2H3. The van der Waals surface area contributed by atoms with Gasteiger partial charge in [0.2, 0.25) is 0 Å². The number of aromatic amines is 1. The van der Waals surface area contributed by atoms with E-state index in [-0.39, 0.29) is 5.97 Å². The lowest BCUT2D eigenvalue weighted by Gasteiger charge is -2.03. The molecule has 1 aliphatic rings. The lowest BCUT2D eigenvalue weighted by atomic mass is 10.0. The Morgan fingerprint density at radius 3 is 2.88 bits per heavy atom. The van der Waals surface area contributed by atoms with E-state index in [1.165, 1.54) is 12.7 Å². The highest BCUT2D eigenvalue weighted by atomic mass is 16.5. The molecule has 0 saturated heterocycles. The predicted molar refractivity (Wildman–Crippen MR) is 65.1 cm³/mol. The number of esters is 1. The largest absolute Gasteiger partial charge is 0.465 e. The molecule has 3 heteroatoms. The van der Waals surface area contributed by atoms with Gasteiger partial charge in [-0.3, -0.25) is 0 Å². The third-order valence-electron chi connectivity index (χ3n) is 3.31. The molecule has 3 nitrogen and oxygen atoms in total. The highest BCUT2D eigenvalue weighted by Crippen LogP contribution is 2.40. The number of carbonyl (C=O) groups excluding carboxylic acids is 1. The van der Waals surface area contributed by atoms with Gasteiger partial charge in [0.1, 0.15) is 0 Å². The molecular weight excluding hydrogens is 214 g/mol. The topological polar surface area (TPSA) is 42.1 Å². The lowest BCUT2D eigenvalue weighted by Crippen LogP contribution is -2.03. The summed E-state index contributed by atoms with van der Waals surface area (Å²) >= 11 is 0. The van der Waals surface area contributed by atoms with E-state index in [1.807, 2.05) is 19.1 Å². The number of methoxy groups -OCH3 is 1. The summed E-state index contributed by atoms with van der Waals surface area (Å²) in [5.41, 5.74) is 6.10. The molecule has 3 rings (SSSR count). The zero-order chi connectivity index (χ0) is 12.0. The minimum atomic E-state index is -0.267. The Morgan fingerprint density at radius 1 is 1.35 bits per heavy atom. The fourth-order valence-electron chi connectivity index (χ4n) is 2.59. The van der Waals surface area contributed by atoms with Gasteiger partial charge in [0, 0.05) is 23.4 Å². The summed E-state index contributed by atoms with van der Waals surface area (Å²) in [4.78, 5) is 15.1. The normalized spacial score (nSPS) is 12.1. The molecular formula is C14H13NO2. The Bertz CT molecular complexity index is 611. The zero-order valence-electron chi connectivity index (χ0n) is 9.83. The second-order valence-corrected chi connectivity index (χ2v) is 4.30. The zero-order valence-corrected chi connectivity index (χ0v) is 9.83. The van der Waals surface area contributed by atoms with Gasteiger partial charge in [0.05, 0.1) is 12.7 Å². The van der Waals surface area contributed by atoms with Crippen LogP contribution in [0.25, 0.3) is 11.1 Å². The van der Waals surface area contributed by atoms with Gasteiger partial charge in [0.25, 0.3) is 0 Å². The molecule has 0 atom stereocenters. The SMILES string of the molecule is COC(=O)c1c(C)[nH]c2c1-c1ccccc1C2. The van der Waals surface area contributed by atoms with Crippen LogP contribution in [0.2, 0.25) is 0 Å². The molecule has 0 aliphatic heterocycles. The van der Waals surface area contributed by atoms with Gasteiger partial charge < -0.3 is 9.72 Å². The van der Waals surface area contributed by atoms with Crippen molar-refractivity contribution in [1.29, 1.82) is 0 Å². The van der Waals surface area contributed by atoms with Crippen LogP contribution in [-0.4, -0.2) is 18.1 Å². The number of nitrogens with one attached hydrogen (secondary N) is 1. The van der Waals surface area contributed by atoms with Crippen molar-refractivity contribution in [2.24, 2.45) is 0 Å². The molecule has 0 saturated carbocycles. The fourth-order valence-corrected chi connectivity index (χ4v) is 2.59. The highest BCUT2D eigenvalue weighted by Gasteiger charge is 2.28. The summed E-state index contributed by atoms with van der Waals surface area (Å²) in [6, 6.07) is 8.17. The molecule has 2 aromatic rings. The first-order valence-electron chi connectivity index (χ1n) is 5.60. The predicted octanol–water partition coefficient (Wildman–Crippen LogP) is 2.68. The molecule has 0 amide bonds. The summed E-state index contributed by atoms with van der Waals surface area (Å²) < 4.78 is 4.86. The summed E-state index contributed by atoms with van der Waals surface area (Å²) in [5.74, 6) is -0.267. The maximum Gasteiger partial charge on any atom is 0.340 e. The van der Waals surface area contributed by atoms with Crippen molar-refractivity contribution in [3.63, 3.8) is 0 Å². The molecule has 0 bridgehead atoms. The maximum absolute atomic E-state index is 11.8. The number of benzene rings is 1. The molecule has 1 aliphatic carbocycles. The number of H-pyrrole nitrogens is 1. The van der Waals surface area contributed by atoms with Crippen LogP contribution in [0.5, 0.6) is 0 Å². The summed E-state index contributed by atoms with van der Waals surface area (Å²) in [5, 5.41) is 0. The number of aromatic nitrogens is 1. The van der Waals surface area contributed by atoms with Gasteiger partial charge in [-0.25, -0.2) is 4.79 Å². The van der Waals surface area contributed by atoms with Gasteiger partial charge in [0.15, 0.2) is 0 Å². The van der Waals surface area contributed by atoms with Gasteiger partial charge in [-0.05, 0) is 18.1 Å². The monoisotopic (exact) mass is 227 g/mol. The van der Waals surface area contributed by atoms with E-state index < -0.39 is 0 Å². The molecule has 0 spiro atoms. The number of rotatable bonds is 1. The fraction of sp³-hybridized carbons (Fsp3) is 0.214. The van der Waals surface area contributed by atoms with Crippen molar-refractivity contribution in [2.45, 2.75) is 13.3 Å². The van der Waals surface area contributed by atoms with E-state index in [9.17, 15) is 4.79 Å². The van der Waals surface area contributed by atoms with Gasteiger partial charge in [-0.15, -0.1) is 0 Å². The third-order valence-corrected chi connectivity index (χ3v) is 3.31. The average molecular weight is 227 g/mol. The number of aryl methyl sites for hydroxylation is 1. The van der Waals surface area contributed by atoms with Crippen LogP contribution in [0.4, 0.5) is 0 Å². The Morgan fingerprint density at radius 2 is 2.12 bits per heavy atom. The molecule has 0 fully saturated rings. The summed E-state index contributed by atoms with van der Waals surface area (Å²) in [7, 11) is 1.42. The van der Waals surface area contributed by atoms with Crippen LogP contribution in [0.15, 0.2) is 24.3 Å². The van der Waals surface area contributed by atoms with Gasteiger partial charge in [-0.2, -0.15) is 0 Å². The number of ether oxygens (including phenoxy) is 1. The first kappa shape index (κ1) is 10.1. The molecule has 1 heterocycles. The second kappa shape index (κ2) is 3.48. The summed E-state index contributed by atoms with van der Waals surface area (Å²) in [6.07, 6.45) is 0.864. The van der Waals surface area contributed by atoms with E-state index in [0.717, 1.165) is 28.9 Å². The molecule has 0 unspecified atom stereocenters. The molecule has 1 aromatic carbocycles. The van der Waals surface area contributed by atoms with Gasteiger partial charge in [-0.1, -0.05) is 24.3 Å². The molecule has 86 valence electrons. The van der Waals surface area contributed by atoms with Crippen LogP contribution >= 0.6 is 0 Å². The average Bonchev–Trinajstić information content (AvgIpc) is 2.82. The Hall–Kier alpha value is -2.03.